The topological polar surface area (TPSA) is 55.8 Å². The third-order valence-corrected chi connectivity index (χ3v) is 3.77. The van der Waals surface area contributed by atoms with Crippen molar-refractivity contribution in [3.05, 3.63) is 0 Å². The molecule has 18 heavy (non-hydrogen) atoms. The average Bonchev–Trinajstić information content (AvgIpc) is 2.39. The smallest absolute Gasteiger partial charge is 0.320 e. The number of likely N-dealkylation sites (tertiary alicyclic amines) is 1. The summed E-state index contributed by atoms with van der Waals surface area (Å²) in [5.41, 5.74) is -0.361. The van der Waals surface area contributed by atoms with Gasteiger partial charge in [0.05, 0.1) is 25.7 Å². The van der Waals surface area contributed by atoms with Gasteiger partial charge >= 0.3 is 11.9 Å². The minimum Gasteiger partial charge on any atom is -0.469 e. The fourth-order valence-corrected chi connectivity index (χ4v) is 2.45. The molecular formula is C13H23NO4. The Hall–Kier alpha value is -1.10. The summed E-state index contributed by atoms with van der Waals surface area (Å²) >= 11 is 0. The van der Waals surface area contributed by atoms with Crippen molar-refractivity contribution in [2.24, 2.45) is 5.41 Å². The van der Waals surface area contributed by atoms with Crippen LogP contribution in [0.2, 0.25) is 0 Å². The molecule has 104 valence electrons. The van der Waals surface area contributed by atoms with E-state index >= 15 is 0 Å². The van der Waals surface area contributed by atoms with Gasteiger partial charge in [0.2, 0.25) is 0 Å². The van der Waals surface area contributed by atoms with E-state index in [4.69, 9.17) is 9.47 Å². The van der Waals surface area contributed by atoms with Gasteiger partial charge in [-0.2, -0.15) is 0 Å². The number of methoxy groups -OCH3 is 1. The van der Waals surface area contributed by atoms with Crippen LogP contribution in [0, 0.1) is 5.41 Å². The third kappa shape index (κ3) is 3.45. The Labute approximate surface area is 108 Å². The number of hydrogen-bond acceptors (Lipinski definition) is 5. The van der Waals surface area contributed by atoms with Crippen LogP contribution in [0.1, 0.15) is 33.1 Å². The molecule has 0 saturated carbocycles. The van der Waals surface area contributed by atoms with E-state index in [0.29, 0.717) is 13.2 Å². The van der Waals surface area contributed by atoms with E-state index in [0.717, 1.165) is 32.4 Å². The van der Waals surface area contributed by atoms with Crippen molar-refractivity contribution in [3.8, 4) is 0 Å². The molecule has 1 fully saturated rings. The molecule has 0 spiro atoms. The zero-order valence-electron chi connectivity index (χ0n) is 11.5. The molecule has 0 aliphatic carbocycles. The normalized spacial score (nSPS) is 19.3. The van der Waals surface area contributed by atoms with Crippen LogP contribution >= 0.6 is 0 Å². The Morgan fingerprint density at radius 1 is 1.22 bits per heavy atom. The molecule has 1 heterocycles. The molecule has 0 bridgehead atoms. The number of rotatable bonds is 5. The van der Waals surface area contributed by atoms with E-state index in [1.165, 1.54) is 7.11 Å². The lowest BCUT2D eigenvalue weighted by Gasteiger charge is -2.38. The van der Waals surface area contributed by atoms with Crippen LogP contribution in [0.4, 0.5) is 0 Å². The molecule has 0 radical (unpaired) electrons. The molecule has 0 atom stereocenters. The molecule has 0 N–H and O–H groups in total. The molecule has 0 aromatic carbocycles. The molecule has 0 aromatic heterocycles. The van der Waals surface area contributed by atoms with Gasteiger partial charge in [0.1, 0.15) is 0 Å². The average molecular weight is 257 g/mol. The second-order valence-electron chi connectivity index (χ2n) is 4.71. The number of esters is 2. The number of carbonyl (C=O) groups is 2. The van der Waals surface area contributed by atoms with Crippen molar-refractivity contribution < 1.29 is 19.1 Å². The van der Waals surface area contributed by atoms with Crippen LogP contribution in [0.15, 0.2) is 0 Å². The molecule has 0 unspecified atom stereocenters. The third-order valence-electron chi connectivity index (χ3n) is 3.77. The molecule has 0 amide bonds. The highest BCUT2D eigenvalue weighted by Gasteiger charge is 2.40. The highest BCUT2D eigenvalue weighted by Crippen LogP contribution is 2.35. The van der Waals surface area contributed by atoms with Crippen molar-refractivity contribution >= 4 is 11.9 Å². The number of ether oxygens (including phenoxy) is 2. The zero-order chi connectivity index (χ0) is 13.6. The quantitative estimate of drug-likeness (QED) is 0.693. The summed E-state index contributed by atoms with van der Waals surface area (Å²) < 4.78 is 9.81. The Balaban J connectivity index is 2.48. The van der Waals surface area contributed by atoms with Gasteiger partial charge in [-0.05, 0) is 39.3 Å². The van der Waals surface area contributed by atoms with Gasteiger partial charge in [-0.3, -0.25) is 14.5 Å². The van der Waals surface area contributed by atoms with Crippen LogP contribution in [-0.2, 0) is 19.1 Å². The Morgan fingerprint density at radius 2 is 1.83 bits per heavy atom. The van der Waals surface area contributed by atoms with Crippen LogP contribution in [-0.4, -0.2) is 50.2 Å². The lowest BCUT2D eigenvalue weighted by molar-refractivity contribution is -0.156. The number of piperidine rings is 1. The number of nitrogens with zero attached hydrogens (tertiary/aromatic N) is 1. The molecule has 1 aliphatic rings. The first-order chi connectivity index (χ1) is 8.57. The predicted molar refractivity (Wildman–Crippen MR) is 67.0 cm³/mol. The van der Waals surface area contributed by atoms with Crippen molar-refractivity contribution in [1.29, 1.82) is 0 Å². The fourth-order valence-electron chi connectivity index (χ4n) is 2.45. The maximum atomic E-state index is 11.8. The summed E-state index contributed by atoms with van der Waals surface area (Å²) in [6, 6.07) is 0. The molecule has 5 heteroatoms. The van der Waals surface area contributed by atoms with Gasteiger partial charge in [0.25, 0.3) is 0 Å². The van der Waals surface area contributed by atoms with Gasteiger partial charge < -0.3 is 9.47 Å². The summed E-state index contributed by atoms with van der Waals surface area (Å²) in [4.78, 5) is 25.2. The van der Waals surface area contributed by atoms with Crippen LogP contribution in [0.3, 0.4) is 0 Å². The summed E-state index contributed by atoms with van der Waals surface area (Å²) in [5, 5.41) is 0. The van der Waals surface area contributed by atoms with Crippen LogP contribution < -0.4 is 0 Å². The lowest BCUT2D eigenvalue weighted by Crippen LogP contribution is -2.46. The van der Waals surface area contributed by atoms with Gasteiger partial charge in [-0.1, -0.05) is 6.92 Å². The van der Waals surface area contributed by atoms with Crippen molar-refractivity contribution in [1.82, 2.24) is 4.90 Å². The molecule has 5 nitrogen and oxygen atoms in total. The Bertz CT molecular complexity index is 295. The minimum absolute atomic E-state index is 0.124. The molecule has 1 saturated heterocycles. The van der Waals surface area contributed by atoms with Crippen LogP contribution in [0.25, 0.3) is 0 Å². The summed E-state index contributed by atoms with van der Waals surface area (Å²) in [7, 11) is 1.44. The first-order valence-electron chi connectivity index (χ1n) is 6.54. The molecular weight excluding hydrogens is 234 g/mol. The van der Waals surface area contributed by atoms with E-state index in [2.05, 4.69) is 0 Å². The molecule has 1 rings (SSSR count). The van der Waals surface area contributed by atoms with Gasteiger partial charge in [-0.15, -0.1) is 0 Å². The van der Waals surface area contributed by atoms with E-state index in [1.54, 1.807) is 6.92 Å². The second-order valence-corrected chi connectivity index (χ2v) is 4.71. The number of hydrogen-bond donors (Lipinski definition) is 0. The maximum absolute atomic E-state index is 11.8. The monoisotopic (exact) mass is 257 g/mol. The first-order valence-corrected chi connectivity index (χ1v) is 6.54. The summed E-state index contributed by atoms with van der Waals surface area (Å²) in [6.07, 6.45) is 2.28. The summed E-state index contributed by atoms with van der Waals surface area (Å²) in [5.74, 6) is -0.319. The zero-order valence-corrected chi connectivity index (χ0v) is 11.5. The van der Waals surface area contributed by atoms with Gasteiger partial charge in [0, 0.05) is 0 Å². The van der Waals surface area contributed by atoms with Gasteiger partial charge in [-0.25, -0.2) is 0 Å². The van der Waals surface area contributed by atoms with Crippen molar-refractivity contribution in [2.75, 3.05) is 33.4 Å². The fraction of sp³-hybridized carbons (Fsp3) is 0.846. The second kappa shape index (κ2) is 6.73. The first kappa shape index (κ1) is 15.0. The summed E-state index contributed by atoms with van der Waals surface area (Å²) in [6.45, 7) is 6.01. The Kier molecular flexibility index (Phi) is 5.59. The lowest BCUT2D eigenvalue weighted by atomic mass is 9.76. The van der Waals surface area contributed by atoms with E-state index in [-0.39, 0.29) is 17.4 Å². The molecule has 1 aliphatic heterocycles. The van der Waals surface area contributed by atoms with E-state index in [9.17, 15) is 9.59 Å². The highest BCUT2D eigenvalue weighted by atomic mass is 16.5. The van der Waals surface area contributed by atoms with E-state index < -0.39 is 0 Å². The predicted octanol–water partition coefficient (Wildman–Crippen LogP) is 1.21. The van der Waals surface area contributed by atoms with Gasteiger partial charge in [0.15, 0.2) is 0 Å². The van der Waals surface area contributed by atoms with Crippen molar-refractivity contribution in [2.45, 2.75) is 33.1 Å². The standard InChI is InChI=1S/C13H23NO4/c1-4-13(12(16)17-3)6-8-14(9-7-13)10-11(15)18-5-2/h4-10H2,1-3H3. The SMILES string of the molecule is CCOC(=O)CN1CCC(CC)(C(=O)OC)CC1. The van der Waals surface area contributed by atoms with Crippen LogP contribution in [0.5, 0.6) is 0 Å². The van der Waals surface area contributed by atoms with Crippen molar-refractivity contribution in [3.63, 3.8) is 0 Å². The van der Waals surface area contributed by atoms with E-state index in [1.807, 2.05) is 11.8 Å². The highest BCUT2D eigenvalue weighted by molar-refractivity contribution is 5.77. The maximum Gasteiger partial charge on any atom is 0.320 e. The number of carbonyl (C=O) groups excluding carboxylic acids is 2. The molecule has 0 aromatic rings. The Morgan fingerprint density at radius 3 is 2.28 bits per heavy atom. The largest absolute Gasteiger partial charge is 0.469 e. The minimum atomic E-state index is -0.361.